The quantitative estimate of drug-likeness (QED) is 0.813. The summed E-state index contributed by atoms with van der Waals surface area (Å²) in [6.45, 7) is 5.38. The van der Waals surface area contributed by atoms with E-state index in [4.69, 9.17) is 5.73 Å². The molecule has 0 bridgehead atoms. The van der Waals surface area contributed by atoms with Crippen molar-refractivity contribution < 1.29 is 9.59 Å². The zero-order valence-corrected chi connectivity index (χ0v) is 14.1. The van der Waals surface area contributed by atoms with E-state index in [1.54, 1.807) is 0 Å². The third-order valence-corrected chi connectivity index (χ3v) is 5.37. The Morgan fingerprint density at radius 3 is 2.27 bits per heavy atom. The number of carbonyl (C=O) groups excluding carboxylic acids is 2. The van der Waals surface area contributed by atoms with E-state index < -0.39 is 5.54 Å². The normalized spacial score (nSPS) is 27.4. The average Bonchev–Trinajstić information content (AvgIpc) is 2.96. The molecule has 3 N–H and O–H groups in total. The summed E-state index contributed by atoms with van der Waals surface area (Å²) in [5.74, 6) is 0.126. The molecule has 5 nitrogen and oxygen atoms in total. The zero-order valence-electron chi connectivity index (χ0n) is 14.1. The van der Waals surface area contributed by atoms with Gasteiger partial charge in [-0.3, -0.25) is 9.59 Å². The lowest BCUT2D eigenvalue weighted by atomic mass is 9.80. The molecule has 2 saturated carbocycles. The lowest BCUT2D eigenvalue weighted by Gasteiger charge is -2.40. The predicted octanol–water partition coefficient (Wildman–Crippen LogP) is 1.80. The van der Waals surface area contributed by atoms with Crippen LogP contribution in [0.2, 0.25) is 0 Å². The predicted molar refractivity (Wildman–Crippen MR) is 87.2 cm³/mol. The van der Waals surface area contributed by atoms with E-state index in [9.17, 15) is 9.59 Å². The van der Waals surface area contributed by atoms with E-state index in [2.05, 4.69) is 5.32 Å². The Labute approximate surface area is 134 Å². The number of hydrogen-bond acceptors (Lipinski definition) is 3. The molecule has 22 heavy (non-hydrogen) atoms. The summed E-state index contributed by atoms with van der Waals surface area (Å²) >= 11 is 0. The van der Waals surface area contributed by atoms with Crippen LogP contribution in [0.3, 0.4) is 0 Å². The second kappa shape index (κ2) is 7.44. The topological polar surface area (TPSA) is 75.4 Å². The van der Waals surface area contributed by atoms with Crippen molar-refractivity contribution in [2.45, 2.75) is 76.8 Å². The Kier molecular flexibility index (Phi) is 5.84. The molecule has 2 atom stereocenters. The summed E-state index contributed by atoms with van der Waals surface area (Å²) < 4.78 is 0. The fraction of sp³-hybridized carbons (Fsp3) is 0.882. The standard InChI is InChI=1S/C17H31N3O2/c1-3-20(4-2)16(22)17(10-6-5-7-11-17)19-15(21)13-8-9-14(18)12-13/h13-14H,3-12,18H2,1-2H3,(H,19,21). The van der Waals surface area contributed by atoms with Crippen LogP contribution >= 0.6 is 0 Å². The highest BCUT2D eigenvalue weighted by atomic mass is 16.2. The Morgan fingerprint density at radius 2 is 1.77 bits per heavy atom. The van der Waals surface area contributed by atoms with E-state index in [0.29, 0.717) is 13.1 Å². The maximum absolute atomic E-state index is 13.0. The smallest absolute Gasteiger partial charge is 0.248 e. The van der Waals surface area contributed by atoms with Gasteiger partial charge in [-0.2, -0.15) is 0 Å². The number of nitrogens with zero attached hydrogens (tertiary/aromatic N) is 1. The van der Waals surface area contributed by atoms with Crippen LogP contribution in [0.4, 0.5) is 0 Å². The largest absolute Gasteiger partial charge is 0.341 e. The lowest BCUT2D eigenvalue weighted by molar-refractivity contribution is -0.144. The second-order valence-corrected chi connectivity index (χ2v) is 6.88. The van der Waals surface area contributed by atoms with Gasteiger partial charge in [0.2, 0.25) is 11.8 Å². The monoisotopic (exact) mass is 309 g/mol. The first kappa shape index (κ1) is 17.3. The summed E-state index contributed by atoms with van der Waals surface area (Å²) in [4.78, 5) is 27.5. The third-order valence-electron chi connectivity index (χ3n) is 5.37. The van der Waals surface area contributed by atoms with Crippen molar-refractivity contribution in [1.82, 2.24) is 10.2 Å². The van der Waals surface area contributed by atoms with Crippen LogP contribution < -0.4 is 11.1 Å². The summed E-state index contributed by atoms with van der Waals surface area (Å²) in [5.41, 5.74) is 5.25. The summed E-state index contributed by atoms with van der Waals surface area (Å²) in [6.07, 6.45) is 7.23. The van der Waals surface area contributed by atoms with Crippen LogP contribution in [0.25, 0.3) is 0 Å². The van der Waals surface area contributed by atoms with Crippen molar-refractivity contribution in [2.75, 3.05) is 13.1 Å². The Balaban J connectivity index is 2.11. The molecule has 0 saturated heterocycles. The molecular weight excluding hydrogens is 278 g/mol. The van der Waals surface area contributed by atoms with E-state index in [0.717, 1.165) is 51.4 Å². The molecule has 2 rings (SSSR count). The van der Waals surface area contributed by atoms with Crippen LogP contribution in [0.5, 0.6) is 0 Å². The van der Waals surface area contributed by atoms with E-state index in [-0.39, 0.29) is 23.8 Å². The second-order valence-electron chi connectivity index (χ2n) is 6.88. The summed E-state index contributed by atoms with van der Waals surface area (Å²) in [5, 5.41) is 3.16. The van der Waals surface area contributed by atoms with E-state index >= 15 is 0 Å². The zero-order chi connectivity index (χ0) is 16.2. The van der Waals surface area contributed by atoms with E-state index in [1.165, 1.54) is 0 Å². The van der Waals surface area contributed by atoms with Crippen molar-refractivity contribution in [2.24, 2.45) is 11.7 Å². The molecule has 0 spiro atoms. The average molecular weight is 309 g/mol. The van der Waals surface area contributed by atoms with Gasteiger partial charge < -0.3 is 16.0 Å². The molecule has 0 aromatic heterocycles. The van der Waals surface area contributed by atoms with Gasteiger partial charge in [0.05, 0.1) is 0 Å². The maximum Gasteiger partial charge on any atom is 0.248 e. The molecule has 5 heteroatoms. The number of amides is 2. The number of nitrogens with two attached hydrogens (primary N) is 1. The molecule has 0 aliphatic heterocycles. The number of carbonyl (C=O) groups is 2. The Hall–Kier alpha value is -1.10. The van der Waals surface area contributed by atoms with Gasteiger partial charge in [0.1, 0.15) is 5.54 Å². The van der Waals surface area contributed by atoms with Crippen LogP contribution in [-0.2, 0) is 9.59 Å². The van der Waals surface area contributed by atoms with Gasteiger partial charge >= 0.3 is 0 Å². The summed E-state index contributed by atoms with van der Waals surface area (Å²) in [7, 11) is 0. The molecule has 2 fully saturated rings. The molecule has 126 valence electrons. The fourth-order valence-electron chi connectivity index (χ4n) is 3.95. The highest BCUT2D eigenvalue weighted by molar-refractivity contribution is 5.92. The first-order valence-electron chi connectivity index (χ1n) is 8.89. The minimum absolute atomic E-state index is 0.0155. The first-order valence-corrected chi connectivity index (χ1v) is 8.89. The molecule has 0 aromatic carbocycles. The van der Waals surface area contributed by atoms with Crippen LogP contribution in [0.1, 0.15) is 65.2 Å². The molecule has 0 radical (unpaired) electrons. The minimum atomic E-state index is -0.673. The third kappa shape index (κ3) is 3.62. The van der Waals surface area contributed by atoms with Crippen LogP contribution in [-0.4, -0.2) is 41.4 Å². The van der Waals surface area contributed by atoms with Gasteiger partial charge in [0.15, 0.2) is 0 Å². The lowest BCUT2D eigenvalue weighted by Crippen LogP contribution is -2.61. The fourth-order valence-corrected chi connectivity index (χ4v) is 3.95. The van der Waals surface area contributed by atoms with Gasteiger partial charge in [-0.25, -0.2) is 0 Å². The van der Waals surface area contributed by atoms with Crippen LogP contribution in [0.15, 0.2) is 0 Å². The van der Waals surface area contributed by atoms with Crippen molar-refractivity contribution in [3.8, 4) is 0 Å². The first-order chi connectivity index (χ1) is 10.5. The van der Waals surface area contributed by atoms with Gasteiger partial charge in [0.25, 0.3) is 0 Å². The molecule has 2 aliphatic carbocycles. The van der Waals surface area contributed by atoms with Gasteiger partial charge in [-0.1, -0.05) is 19.3 Å². The van der Waals surface area contributed by atoms with Gasteiger partial charge in [-0.15, -0.1) is 0 Å². The Bertz CT molecular complexity index is 401. The molecular formula is C17H31N3O2. The maximum atomic E-state index is 13.0. The SMILES string of the molecule is CCN(CC)C(=O)C1(NC(=O)C2CCC(N)C2)CCCCC1. The van der Waals surface area contributed by atoms with Crippen molar-refractivity contribution >= 4 is 11.8 Å². The minimum Gasteiger partial charge on any atom is -0.341 e. The number of hydrogen-bond donors (Lipinski definition) is 2. The van der Waals surface area contributed by atoms with E-state index in [1.807, 2.05) is 18.7 Å². The van der Waals surface area contributed by atoms with Crippen molar-refractivity contribution in [1.29, 1.82) is 0 Å². The van der Waals surface area contributed by atoms with Crippen LogP contribution in [0, 0.1) is 5.92 Å². The molecule has 0 heterocycles. The number of nitrogens with one attached hydrogen (secondary N) is 1. The van der Waals surface area contributed by atoms with Gasteiger partial charge in [-0.05, 0) is 46.0 Å². The molecule has 2 unspecified atom stereocenters. The highest BCUT2D eigenvalue weighted by Crippen LogP contribution is 2.32. The molecule has 2 aliphatic rings. The summed E-state index contributed by atoms with van der Waals surface area (Å²) in [6, 6.07) is 0.136. The number of rotatable bonds is 5. The van der Waals surface area contributed by atoms with Crippen molar-refractivity contribution in [3.63, 3.8) is 0 Å². The molecule has 0 aromatic rings. The number of likely N-dealkylation sites (N-methyl/N-ethyl adjacent to an activating group) is 1. The molecule has 2 amide bonds. The Morgan fingerprint density at radius 1 is 1.14 bits per heavy atom. The van der Waals surface area contributed by atoms with Gasteiger partial charge in [0, 0.05) is 25.0 Å². The van der Waals surface area contributed by atoms with Crippen molar-refractivity contribution in [3.05, 3.63) is 0 Å². The highest BCUT2D eigenvalue weighted by Gasteiger charge is 2.44.